The monoisotopic (exact) mass is 514 g/mol. The number of fused-ring (bicyclic) bond motifs is 1. The molecule has 0 bridgehead atoms. The van der Waals surface area contributed by atoms with Crippen molar-refractivity contribution in [2.24, 2.45) is 0 Å². The van der Waals surface area contributed by atoms with Crippen molar-refractivity contribution in [3.8, 4) is 11.4 Å². The van der Waals surface area contributed by atoms with Crippen molar-refractivity contribution in [1.29, 1.82) is 0 Å². The van der Waals surface area contributed by atoms with Gasteiger partial charge in [-0.15, -0.1) is 10.2 Å². The van der Waals surface area contributed by atoms with Crippen molar-refractivity contribution in [3.63, 3.8) is 0 Å². The molecule has 0 aliphatic heterocycles. The Morgan fingerprint density at radius 3 is 2.57 bits per heavy atom. The van der Waals surface area contributed by atoms with E-state index in [0.29, 0.717) is 24.4 Å². The zero-order valence-corrected chi connectivity index (χ0v) is 22.2. The van der Waals surface area contributed by atoms with Crippen molar-refractivity contribution in [2.45, 2.75) is 42.7 Å². The highest BCUT2D eigenvalue weighted by Crippen LogP contribution is 2.29. The highest BCUT2D eigenvalue weighted by atomic mass is 32.2. The lowest BCUT2D eigenvalue weighted by atomic mass is 10.1. The number of sulfonamides is 1. The SMILES string of the molecule is CCn1c(CSc2nnc(-c3cccc(C)c3)n2CCOC)nc2cc(S(=O)(=O)N(C)C)ccc21. The van der Waals surface area contributed by atoms with Crippen LogP contribution in [0.3, 0.4) is 0 Å². The molecular weight excluding hydrogens is 484 g/mol. The van der Waals surface area contributed by atoms with Crippen LogP contribution in [0.1, 0.15) is 18.3 Å². The molecule has 0 N–H and O–H groups in total. The highest BCUT2D eigenvalue weighted by molar-refractivity contribution is 7.98. The van der Waals surface area contributed by atoms with Crippen LogP contribution in [0, 0.1) is 6.92 Å². The molecule has 2 aromatic heterocycles. The molecule has 0 radical (unpaired) electrons. The number of benzene rings is 2. The van der Waals surface area contributed by atoms with E-state index in [0.717, 1.165) is 40.0 Å². The zero-order chi connectivity index (χ0) is 25.2. The van der Waals surface area contributed by atoms with Gasteiger partial charge in [0.25, 0.3) is 0 Å². The quantitative estimate of drug-likeness (QED) is 0.297. The summed E-state index contributed by atoms with van der Waals surface area (Å²) >= 11 is 1.55. The summed E-state index contributed by atoms with van der Waals surface area (Å²) in [5.74, 6) is 2.22. The van der Waals surface area contributed by atoms with E-state index in [-0.39, 0.29) is 4.90 Å². The number of hydrogen-bond donors (Lipinski definition) is 0. The minimum atomic E-state index is -3.53. The number of aromatic nitrogens is 5. The molecule has 4 aromatic rings. The summed E-state index contributed by atoms with van der Waals surface area (Å²) < 4.78 is 35.9. The standard InChI is InChI=1S/C24H30N6O3S2/c1-6-29-21-11-10-19(35(31,32)28(3)4)15-20(21)25-22(29)16-34-24-27-26-23(30(24)12-13-33-5)18-9-7-8-17(2)14-18/h7-11,14-15H,6,12-13,16H2,1-5H3. The lowest BCUT2D eigenvalue weighted by Gasteiger charge is -2.11. The molecule has 11 heteroatoms. The molecule has 0 amide bonds. The molecular formula is C24H30N6O3S2. The highest BCUT2D eigenvalue weighted by Gasteiger charge is 2.20. The number of hydrogen-bond acceptors (Lipinski definition) is 7. The van der Waals surface area contributed by atoms with E-state index >= 15 is 0 Å². The minimum absolute atomic E-state index is 0.233. The van der Waals surface area contributed by atoms with Crippen LogP contribution >= 0.6 is 11.8 Å². The van der Waals surface area contributed by atoms with Crippen molar-refractivity contribution in [2.75, 3.05) is 27.8 Å². The number of thioether (sulfide) groups is 1. The van der Waals surface area contributed by atoms with Crippen LogP contribution in [0.25, 0.3) is 22.4 Å². The molecule has 0 atom stereocenters. The topological polar surface area (TPSA) is 95.1 Å². The van der Waals surface area contributed by atoms with Gasteiger partial charge in [0.05, 0.1) is 34.8 Å². The maximum absolute atomic E-state index is 12.6. The smallest absolute Gasteiger partial charge is 0.242 e. The number of ether oxygens (including phenoxy) is 1. The minimum Gasteiger partial charge on any atom is -0.383 e. The normalized spacial score (nSPS) is 12.2. The van der Waals surface area contributed by atoms with Crippen LogP contribution < -0.4 is 0 Å². The van der Waals surface area contributed by atoms with Crippen molar-refractivity contribution in [1.82, 2.24) is 28.6 Å². The molecule has 186 valence electrons. The Labute approximate surface area is 210 Å². The summed E-state index contributed by atoms with van der Waals surface area (Å²) in [5, 5.41) is 9.72. The molecule has 0 saturated heterocycles. The van der Waals surface area contributed by atoms with Crippen molar-refractivity contribution in [3.05, 3.63) is 53.9 Å². The first-order valence-corrected chi connectivity index (χ1v) is 13.7. The summed E-state index contributed by atoms with van der Waals surface area (Å²) in [7, 11) is 1.20. The second-order valence-corrected chi connectivity index (χ2v) is 11.4. The van der Waals surface area contributed by atoms with Crippen LogP contribution in [-0.4, -0.2) is 64.9 Å². The fourth-order valence-corrected chi connectivity index (χ4v) is 5.73. The lowest BCUT2D eigenvalue weighted by molar-refractivity contribution is 0.185. The molecule has 0 fully saturated rings. The molecule has 0 unspecified atom stereocenters. The number of imidazole rings is 1. The van der Waals surface area contributed by atoms with Gasteiger partial charge in [-0.1, -0.05) is 35.5 Å². The first-order valence-electron chi connectivity index (χ1n) is 11.3. The molecule has 4 rings (SSSR count). The average Bonchev–Trinajstić information content (AvgIpc) is 3.40. The summed E-state index contributed by atoms with van der Waals surface area (Å²) in [4.78, 5) is 5.01. The second kappa shape index (κ2) is 10.5. The number of rotatable bonds is 10. The van der Waals surface area contributed by atoms with Gasteiger partial charge >= 0.3 is 0 Å². The van der Waals surface area contributed by atoms with Gasteiger partial charge in [-0.05, 0) is 38.1 Å². The maximum atomic E-state index is 12.6. The first kappa shape index (κ1) is 25.4. The Hall–Kier alpha value is -2.73. The van der Waals surface area contributed by atoms with Gasteiger partial charge in [0, 0.05) is 33.3 Å². The van der Waals surface area contributed by atoms with Crippen molar-refractivity contribution < 1.29 is 13.2 Å². The number of nitrogens with zero attached hydrogens (tertiary/aromatic N) is 6. The second-order valence-electron chi connectivity index (χ2n) is 8.32. The van der Waals surface area contributed by atoms with Gasteiger partial charge in [-0.2, -0.15) is 0 Å². The summed E-state index contributed by atoms with van der Waals surface area (Å²) in [5.41, 5.74) is 3.73. The maximum Gasteiger partial charge on any atom is 0.242 e. The summed E-state index contributed by atoms with van der Waals surface area (Å²) in [6.45, 7) is 6.00. The van der Waals surface area contributed by atoms with Gasteiger partial charge in [-0.25, -0.2) is 17.7 Å². The molecule has 0 saturated carbocycles. The number of aryl methyl sites for hydroxylation is 2. The van der Waals surface area contributed by atoms with E-state index in [1.54, 1.807) is 31.0 Å². The number of methoxy groups -OCH3 is 1. The van der Waals surface area contributed by atoms with Crippen LogP contribution in [0.5, 0.6) is 0 Å². The van der Waals surface area contributed by atoms with Gasteiger partial charge in [0.2, 0.25) is 10.0 Å². The molecule has 2 aromatic carbocycles. The lowest BCUT2D eigenvalue weighted by Crippen LogP contribution is -2.22. The zero-order valence-electron chi connectivity index (χ0n) is 20.6. The van der Waals surface area contributed by atoms with Gasteiger partial charge in [0.1, 0.15) is 5.82 Å². The first-order chi connectivity index (χ1) is 16.8. The van der Waals surface area contributed by atoms with Crippen molar-refractivity contribution >= 4 is 32.8 Å². The van der Waals surface area contributed by atoms with E-state index in [1.807, 2.05) is 18.2 Å². The van der Waals surface area contributed by atoms with E-state index in [2.05, 4.69) is 45.3 Å². The van der Waals surface area contributed by atoms with Gasteiger partial charge in [-0.3, -0.25) is 4.57 Å². The molecule has 35 heavy (non-hydrogen) atoms. The largest absolute Gasteiger partial charge is 0.383 e. The predicted octanol–water partition coefficient (Wildman–Crippen LogP) is 3.81. The summed E-state index contributed by atoms with van der Waals surface area (Å²) in [6, 6.07) is 13.3. The Kier molecular flexibility index (Phi) is 7.60. The Balaban J connectivity index is 1.66. The van der Waals surface area contributed by atoms with E-state index in [9.17, 15) is 8.42 Å². The van der Waals surface area contributed by atoms with Crippen LogP contribution in [-0.2, 0) is 33.6 Å². The third kappa shape index (κ3) is 5.13. The molecule has 9 nitrogen and oxygen atoms in total. The fraction of sp³-hybridized carbons (Fsp3) is 0.375. The third-order valence-corrected chi connectivity index (χ3v) is 8.51. The van der Waals surface area contributed by atoms with E-state index < -0.39 is 10.0 Å². The van der Waals surface area contributed by atoms with E-state index in [4.69, 9.17) is 9.72 Å². The van der Waals surface area contributed by atoms with Crippen LogP contribution in [0.4, 0.5) is 0 Å². The Bertz CT molecular complexity index is 1440. The molecule has 2 heterocycles. The molecule has 0 aliphatic carbocycles. The molecule has 0 aliphatic rings. The van der Waals surface area contributed by atoms with Crippen LogP contribution in [0.15, 0.2) is 52.5 Å². The fourth-order valence-electron chi connectivity index (χ4n) is 3.90. The van der Waals surface area contributed by atoms with Gasteiger partial charge < -0.3 is 9.30 Å². The Morgan fingerprint density at radius 1 is 1.09 bits per heavy atom. The van der Waals surface area contributed by atoms with E-state index in [1.165, 1.54) is 18.4 Å². The Morgan fingerprint density at radius 2 is 1.89 bits per heavy atom. The van der Waals surface area contributed by atoms with Gasteiger partial charge in [0.15, 0.2) is 11.0 Å². The van der Waals surface area contributed by atoms with Crippen LogP contribution in [0.2, 0.25) is 0 Å². The summed E-state index contributed by atoms with van der Waals surface area (Å²) in [6.07, 6.45) is 0. The predicted molar refractivity (Wildman–Crippen MR) is 138 cm³/mol. The average molecular weight is 515 g/mol. The molecule has 0 spiro atoms. The third-order valence-electron chi connectivity index (χ3n) is 5.74.